The molecule has 0 bridgehead atoms. The summed E-state index contributed by atoms with van der Waals surface area (Å²) in [6.45, 7) is 2.44. The maximum atomic E-state index is 5.57. The second-order valence-electron chi connectivity index (χ2n) is 6.32. The fraction of sp³-hybridized carbons (Fsp3) is 0.300. The average molecular weight is 334 g/mol. The Kier molecular flexibility index (Phi) is 4.86. The van der Waals surface area contributed by atoms with Crippen LogP contribution in [0.3, 0.4) is 0 Å². The topological polar surface area (TPSA) is 52.0 Å². The SMILES string of the molecule is c1ccc(-n2cc(CNC3CCCOC3)c(-c3cccnc3)n2)cc1. The molecule has 2 aromatic heterocycles. The van der Waals surface area contributed by atoms with Gasteiger partial charge < -0.3 is 10.1 Å². The van der Waals surface area contributed by atoms with Gasteiger partial charge in [0, 0.05) is 48.9 Å². The van der Waals surface area contributed by atoms with Crippen LogP contribution in [0.15, 0.2) is 61.1 Å². The van der Waals surface area contributed by atoms with Crippen molar-refractivity contribution in [3.8, 4) is 16.9 Å². The van der Waals surface area contributed by atoms with Gasteiger partial charge in [-0.3, -0.25) is 4.98 Å². The minimum absolute atomic E-state index is 0.413. The molecule has 1 N–H and O–H groups in total. The van der Waals surface area contributed by atoms with E-state index in [4.69, 9.17) is 9.84 Å². The monoisotopic (exact) mass is 334 g/mol. The van der Waals surface area contributed by atoms with E-state index in [1.165, 1.54) is 5.56 Å². The highest BCUT2D eigenvalue weighted by Gasteiger charge is 2.16. The number of pyridine rings is 1. The van der Waals surface area contributed by atoms with Crippen molar-refractivity contribution in [2.75, 3.05) is 13.2 Å². The van der Waals surface area contributed by atoms with E-state index >= 15 is 0 Å². The third kappa shape index (κ3) is 3.78. The number of aromatic nitrogens is 3. The number of nitrogens with zero attached hydrogens (tertiary/aromatic N) is 3. The first-order valence-corrected chi connectivity index (χ1v) is 8.75. The molecule has 1 aromatic carbocycles. The molecule has 25 heavy (non-hydrogen) atoms. The van der Waals surface area contributed by atoms with Crippen molar-refractivity contribution in [1.82, 2.24) is 20.1 Å². The van der Waals surface area contributed by atoms with Gasteiger partial charge in [0.05, 0.1) is 18.0 Å². The van der Waals surface area contributed by atoms with Crippen LogP contribution in [-0.4, -0.2) is 34.0 Å². The van der Waals surface area contributed by atoms with Crippen molar-refractivity contribution in [3.63, 3.8) is 0 Å². The molecule has 1 aliphatic heterocycles. The lowest BCUT2D eigenvalue weighted by Crippen LogP contribution is -2.36. The van der Waals surface area contributed by atoms with Crippen LogP contribution in [0.1, 0.15) is 18.4 Å². The number of benzene rings is 1. The van der Waals surface area contributed by atoms with Crippen LogP contribution in [0.4, 0.5) is 0 Å². The molecule has 0 radical (unpaired) electrons. The highest BCUT2D eigenvalue weighted by molar-refractivity contribution is 5.62. The van der Waals surface area contributed by atoms with Gasteiger partial charge in [-0.2, -0.15) is 5.10 Å². The maximum absolute atomic E-state index is 5.57. The summed E-state index contributed by atoms with van der Waals surface area (Å²) in [7, 11) is 0. The fourth-order valence-electron chi connectivity index (χ4n) is 3.15. The molecule has 5 nitrogen and oxygen atoms in total. The lowest BCUT2D eigenvalue weighted by atomic mass is 10.1. The second kappa shape index (κ2) is 7.59. The zero-order valence-electron chi connectivity index (χ0n) is 14.1. The van der Waals surface area contributed by atoms with Gasteiger partial charge in [0.15, 0.2) is 0 Å². The Morgan fingerprint density at radius 3 is 2.84 bits per heavy atom. The largest absolute Gasteiger partial charge is 0.380 e. The zero-order valence-corrected chi connectivity index (χ0v) is 14.1. The van der Waals surface area contributed by atoms with E-state index in [0.29, 0.717) is 6.04 Å². The van der Waals surface area contributed by atoms with Gasteiger partial charge in [0.25, 0.3) is 0 Å². The first kappa shape index (κ1) is 16.0. The molecular weight excluding hydrogens is 312 g/mol. The van der Waals surface area contributed by atoms with Crippen LogP contribution in [0.25, 0.3) is 16.9 Å². The van der Waals surface area contributed by atoms with Crippen LogP contribution in [0.5, 0.6) is 0 Å². The Labute approximate surface area is 147 Å². The van der Waals surface area contributed by atoms with E-state index in [2.05, 4.69) is 34.7 Å². The summed E-state index contributed by atoms with van der Waals surface area (Å²) in [6.07, 6.45) is 8.04. The second-order valence-corrected chi connectivity index (χ2v) is 6.32. The molecule has 0 spiro atoms. The third-order valence-corrected chi connectivity index (χ3v) is 4.49. The van der Waals surface area contributed by atoms with E-state index < -0.39 is 0 Å². The lowest BCUT2D eigenvalue weighted by Gasteiger charge is -2.23. The van der Waals surface area contributed by atoms with E-state index in [1.807, 2.05) is 35.1 Å². The average Bonchev–Trinajstić information content (AvgIpc) is 3.13. The highest BCUT2D eigenvalue weighted by Crippen LogP contribution is 2.23. The number of ether oxygens (including phenoxy) is 1. The first-order valence-electron chi connectivity index (χ1n) is 8.75. The number of nitrogens with one attached hydrogen (secondary N) is 1. The van der Waals surface area contributed by atoms with Crippen LogP contribution >= 0.6 is 0 Å². The summed E-state index contributed by atoms with van der Waals surface area (Å²) in [5, 5.41) is 8.43. The molecule has 5 heteroatoms. The molecular formula is C20H22N4O. The summed E-state index contributed by atoms with van der Waals surface area (Å²) < 4.78 is 7.51. The Morgan fingerprint density at radius 2 is 2.08 bits per heavy atom. The molecule has 4 rings (SSSR count). The predicted octanol–water partition coefficient (Wildman–Crippen LogP) is 3.20. The predicted molar refractivity (Wildman–Crippen MR) is 97.5 cm³/mol. The molecule has 0 amide bonds. The Morgan fingerprint density at radius 1 is 1.16 bits per heavy atom. The third-order valence-electron chi connectivity index (χ3n) is 4.49. The molecule has 1 saturated heterocycles. The van der Waals surface area contributed by atoms with Gasteiger partial charge in [0.2, 0.25) is 0 Å². The minimum Gasteiger partial charge on any atom is -0.380 e. The Balaban J connectivity index is 1.62. The smallest absolute Gasteiger partial charge is 0.0988 e. The van der Waals surface area contributed by atoms with E-state index in [9.17, 15) is 0 Å². The Hall–Kier alpha value is -2.50. The first-order chi connectivity index (χ1) is 12.4. The normalized spacial score (nSPS) is 17.5. The molecule has 3 aromatic rings. The summed E-state index contributed by atoms with van der Waals surface area (Å²) >= 11 is 0. The molecule has 3 heterocycles. The number of hydrogen-bond donors (Lipinski definition) is 1. The van der Waals surface area contributed by atoms with E-state index in [0.717, 1.165) is 49.5 Å². The van der Waals surface area contributed by atoms with Crippen LogP contribution in [-0.2, 0) is 11.3 Å². The standard InChI is InChI=1S/C20H22N4O/c1-2-8-19(9-3-1)24-14-17(13-22-18-7-5-11-25-15-18)20(23-24)16-6-4-10-21-12-16/h1-4,6,8-10,12,14,18,22H,5,7,11,13,15H2. The van der Waals surface area contributed by atoms with Crippen LogP contribution in [0.2, 0.25) is 0 Å². The summed E-state index contributed by atoms with van der Waals surface area (Å²) in [5.41, 5.74) is 4.23. The number of para-hydroxylation sites is 1. The Bertz CT molecular complexity index is 795. The van der Waals surface area contributed by atoms with Gasteiger partial charge in [-0.25, -0.2) is 4.68 Å². The van der Waals surface area contributed by atoms with Crippen molar-refractivity contribution < 1.29 is 4.74 Å². The van der Waals surface area contributed by atoms with Gasteiger partial charge in [-0.1, -0.05) is 18.2 Å². The quantitative estimate of drug-likeness (QED) is 0.778. The van der Waals surface area contributed by atoms with Crippen molar-refractivity contribution in [3.05, 3.63) is 66.6 Å². The maximum Gasteiger partial charge on any atom is 0.0988 e. The van der Waals surface area contributed by atoms with E-state index in [-0.39, 0.29) is 0 Å². The van der Waals surface area contributed by atoms with Gasteiger partial charge in [-0.05, 0) is 37.1 Å². The highest BCUT2D eigenvalue weighted by atomic mass is 16.5. The zero-order chi connectivity index (χ0) is 16.9. The van der Waals surface area contributed by atoms with Crippen molar-refractivity contribution >= 4 is 0 Å². The van der Waals surface area contributed by atoms with Gasteiger partial charge >= 0.3 is 0 Å². The van der Waals surface area contributed by atoms with Gasteiger partial charge in [-0.15, -0.1) is 0 Å². The van der Waals surface area contributed by atoms with E-state index in [1.54, 1.807) is 6.20 Å². The van der Waals surface area contributed by atoms with Crippen LogP contribution in [0, 0.1) is 0 Å². The summed E-state index contributed by atoms with van der Waals surface area (Å²) in [4.78, 5) is 4.24. The van der Waals surface area contributed by atoms with Crippen molar-refractivity contribution in [2.45, 2.75) is 25.4 Å². The molecule has 0 aliphatic carbocycles. The minimum atomic E-state index is 0.413. The molecule has 1 fully saturated rings. The molecule has 0 saturated carbocycles. The molecule has 1 atom stereocenters. The summed E-state index contributed by atoms with van der Waals surface area (Å²) in [6, 6.07) is 14.6. The van der Waals surface area contributed by atoms with Crippen LogP contribution < -0.4 is 5.32 Å². The molecule has 128 valence electrons. The molecule has 1 aliphatic rings. The fourth-order valence-corrected chi connectivity index (χ4v) is 3.15. The number of hydrogen-bond acceptors (Lipinski definition) is 4. The summed E-state index contributed by atoms with van der Waals surface area (Å²) in [5.74, 6) is 0. The lowest BCUT2D eigenvalue weighted by molar-refractivity contribution is 0.0699. The van der Waals surface area contributed by atoms with Crippen molar-refractivity contribution in [2.24, 2.45) is 0 Å². The molecule has 1 unspecified atom stereocenters. The van der Waals surface area contributed by atoms with Gasteiger partial charge in [0.1, 0.15) is 0 Å². The van der Waals surface area contributed by atoms with Crippen molar-refractivity contribution in [1.29, 1.82) is 0 Å². The number of rotatable bonds is 5.